The van der Waals surface area contributed by atoms with Crippen LogP contribution in [0, 0.1) is 5.82 Å². The minimum absolute atomic E-state index is 0.00204. The van der Waals surface area contributed by atoms with Crippen molar-refractivity contribution in [2.45, 2.75) is 0 Å². The maximum atomic E-state index is 12.9. The van der Waals surface area contributed by atoms with Gasteiger partial charge in [0, 0.05) is 6.07 Å². The number of hydrogen-bond acceptors (Lipinski definition) is 3. The van der Waals surface area contributed by atoms with Crippen LogP contribution < -0.4 is 9.47 Å². The molecule has 1 aromatic rings. The van der Waals surface area contributed by atoms with Gasteiger partial charge < -0.3 is 14.6 Å². The zero-order chi connectivity index (χ0) is 8.72. The van der Waals surface area contributed by atoms with Crippen LogP contribution in [0.1, 0.15) is 0 Å². The molecule has 0 fully saturated rings. The Morgan fingerprint density at radius 2 is 2.25 bits per heavy atom. The molecule has 0 saturated heterocycles. The molecular formula is C7H4ClFO3. The Kier molecular flexibility index (Phi) is 1.51. The third-order valence-corrected chi connectivity index (χ3v) is 1.86. The molecule has 1 aliphatic heterocycles. The van der Waals surface area contributed by atoms with Crippen molar-refractivity contribution in [3.63, 3.8) is 0 Å². The van der Waals surface area contributed by atoms with E-state index in [-0.39, 0.29) is 23.3 Å². The monoisotopic (exact) mass is 190 g/mol. The van der Waals surface area contributed by atoms with Gasteiger partial charge in [0.25, 0.3) is 0 Å². The molecule has 5 heteroatoms. The van der Waals surface area contributed by atoms with Gasteiger partial charge in [0.2, 0.25) is 6.79 Å². The number of benzene rings is 1. The van der Waals surface area contributed by atoms with Crippen molar-refractivity contribution in [2.24, 2.45) is 0 Å². The van der Waals surface area contributed by atoms with Crippen LogP contribution in [0.3, 0.4) is 0 Å². The maximum Gasteiger partial charge on any atom is 0.231 e. The average Bonchev–Trinajstić information content (AvgIpc) is 2.48. The van der Waals surface area contributed by atoms with E-state index in [2.05, 4.69) is 0 Å². The number of halogens is 2. The Hall–Kier alpha value is -1.16. The Morgan fingerprint density at radius 1 is 1.50 bits per heavy atom. The van der Waals surface area contributed by atoms with Crippen LogP contribution in [0.2, 0.25) is 5.02 Å². The standard InChI is InChI=1S/C7H4ClFO3/c8-5-6(9)3(10)1-4-7(5)12-2-11-4/h1,10H,2H2. The van der Waals surface area contributed by atoms with Crippen LogP contribution in [0.25, 0.3) is 0 Å². The van der Waals surface area contributed by atoms with Crippen molar-refractivity contribution in [3.05, 3.63) is 16.9 Å². The van der Waals surface area contributed by atoms with E-state index in [0.29, 0.717) is 0 Å². The fourth-order valence-electron chi connectivity index (χ4n) is 0.967. The van der Waals surface area contributed by atoms with Gasteiger partial charge in [0.05, 0.1) is 0 Å². The molecule has 0 aromatic heterocycles. The lowest BCUT2D eigenvalue weighted by Crippen LogP contribution is -1.93. The Morgan fingerprint density at radius 3 is 3.00 bits per heavy atom. The van der Waals surface area contributed by atoms with Gasteiger partial charge in [-0.25, -0.2) is 4.39 Å². The molecule has 1 heterocycles. The van der Waals surface area contributed by atoms with Crippen LogP contribution in [0.4, 0.5) is 4.39 Å². The Bertz CT molecular complexity index is 340. The van der Waals surface area contributed by atoms with E-state index >= 15 is 0 Å². The minimum Gasteiger partial charge on any atom is -0.505 e. The first-order valence-corrected chi connectivity index (χ1v) is 3.54. The van der Waals surface area contributed by atoms with Crippen LogP contribution in [0.15, 0.2) is 6.07 Å². The second-order valence-corrected chi connectivity index (χ2v) is 2.64. The lowest BCUT2D eigenvalue weighted by Gasteiger charge is -2.01. The molecular weight excluding hydrogens is 187 g/mol. The molecule has 0 amide bonds. The molecule has 1 aromatic carbocycles. The predicted octanol–water partition coefficient (Wildman–Crippen LogP) is 1.91. The SMILES string of the molecule is Oc1cc2c(c(Cl)c1F)OCO2. The van der Waals surface area contributed by atoms with Crippen LogP contribution >= 0.6 is 11.6 Å². The van der Waals surface area contributed by atoms with Crippen molar-refractivity contribution in [2.75, 3.05) is 6.79 Å². The van der Waals surface area contributed by atoms with Crippen molar-refractivity contribution < 1.29 is 19.0 Å². The highest BCUT2D eigenvalue weighted by atomic mass is 35.5. The molecule has 0 radical (unpaired) electrons. The third-order valence-electron chi connectivity index (χ3n) is 1.53. The topological polar surface area (TPSA) is 38.7 Å². The fraction of sp³-hybridized carbons (Fsp3) is 0.143. The normalized spacial score (nSPS) is 13.5. The van der Waals surface area contributed by atoms with Gasteiger partial charge in [-0.05, 0) is 0 Å². The Labute approximate surface area is 72.3 Å². The van der Waals surface area contributed by atoms with Gasteiger partial charge in [0.15, 0.2) is 23.1 Å². The highest BCUT2D eigenvalue weighted by Gasteiger charge is 2.23. The van der Waals surface area contributed by atoms with Crippen molar-refractivity contribution in [3.8, 4) is 17.2 Å². The van der Waals surface area contributed by atoms with Gasteiger partial charge in [0.1, 0.15) is 5.02 Å². The second-order valence-electron chi connectivity index (χ2n) is 2.26. The van der Waals surface area contributed by atoms with E-state index in [1.54, 1.807) is 0 Å². The quantitative estimate of drug-likeness (QED) is 0.679. The van der Waals surface area contributed by atoms with Gasteiger partial charge in [-0.2, -0.15) is 0 Å². The smallest absolute Gasteiger partial charge is 0.231 e. The highest BCUT2D eigenvalue weighted by Crippen LogP contribution is 2.43. The van der Waals surface area contributed by atoms with Crippen molar-refractivity contribution >= 4 is 11.6 Å². The number of ether oxygens (including phenoxy) is 2. The highest BCUT2D eigenvalue weighted by molar-refractivity contribution is 6.32. The van der Waals surface area contributed by atoms with Crippen molar-refractivity contribution in [1.82, 2.24) is 0 Å². The van der Waals surface area contributed by atoms with Crippen molar-refractivity contribution in [1.29, 1.82) is 0 Å². The average molecular weight is 191 g/mol. The molecule has 0 spiro atoms. The van der Waals surface area contributed by atoms with E-state index in [0.717, 1.165) is 6.07 Å². The van der Waals surface area contributed by atoms with E-state index < -0.39 is 11.6 Å². The Balaban J connectivity index is 2.67. The maximum absolute atomic E-state index is 12.9. The molecule has 64 valence electrons. The second kappa shape index (κ2) is 2.42. The lowest BCUT2D eigenvalue weighted by molar-refractivity contribution is 0.174. The summed E-state index contributed by atoms with van der Waals surface area (Å²) in [7, 11) is 0. The lowest BCUT2D eigenvalue weighted by atomic mass is 10.3. The number of aromatic hydroxyl groups is 1. The predicted molar refractivity (Wildman–Crippen MR) is 39.2 cm³/mol. The molecule has 12 heavy (non-hydrogen) atoms. The third kappa shape index (κ3) is 0.881. The van der Waals surface area contributed by atoms with E-state index in [1.165, 1.54) is 0 Å². The van der Waals surface area contributed by atoms with E-state index in [4.69, 9.17) is 26.2 Å². The summed E-state index contributed by atoms with van der Waals surface area (Å²) in [6.45, 7) is -0.00204. The number of rotatable bonds is 0. The summed E-state index contributed by atoms with van der Waals surface area (Å²) in [6, 6.07) is 1.13. The van der Waals surface area contributed by atoms with Crippen LogP contribution in [-0.2, 0) is 0 Å². The number of hydrogen-bond donors (Lipinski definition) is 1. The first-order valence-electron chi connectivity index (χ1n) is 3.16. The van der Waals surface area contributed by atoms with Gasteiger partial charge in [-0.1, -0.05) is 11.6 Å². The molecule has 3 nitrogen and oxygen atoms in total. The molecule has 0 aliphatic carbocycles. The number of phenolic OH excluding ortho intramolecular Hbond substituents is 1. The number of fused-ring (bicyclic) bond motifs is 1. The molecule has 0 bridgehead atoms. The van der Waals surface area contributed by atoms with Gasteiger partial charge >= 0.3 is 0 Å². The van der Waals surface area contributed by atoms with Crippen LogP contribution in [0.5, 0.6) is 17.2 Å². The summed E-state index contributed by atoms with van der Waals surface area (Å²) in [4.78, 5) is 0. The van der Waals surface area contributed by atoms with Gasteiger partial charge in [-0.15, -0.1) is 0 Å². The minimum atomic E-state index is -0.888. The zero-order valence-electron chi connectivity index (χ0n) is 5.80. The zero-order valence-corrected chi connectivity index (χ0v) is 6.56. The van der Waals surface area contributed by atoms with Crippen LogP contribution in [-0.4, -0.2) is 11.9 Å². The summed E-state index contributed by atoms with van der Waals surface area (Å²) in [6.07, 6.45) is 0. The molecule has 0 atom stereocenters. The molecule has 0 saturated carbocycles. The summed E-state index contributed by atoms with van der Waals surface area (Å²) in [5, 5.41) is 8.72. The largest absolute Gasteiger partial charge is 0.505 e. The summed E-state index contributed by atoms with van der Waals surface area (Å²) < 4.78 is 22.6. The van der Waals surface area contributed by atoms with E-state index in [1.807, 2.05) is 0 Å². The first kappa shape index (κ1) is 7.49. The van der Waals surface area contributed by atoms with E-state index in [9.17, 15) is 4.39 Å². The summed E-state index contributed by atoms with van der Waals surface area (Å²) in [5.41, 5.74) is 0. The summed E-state index contributed by atoms with van der Waals surface area (Å²) >= 11 is 5.50. The van der Waals surface area contributed by atoms with Gasteiger partial charge in [-0.3, -0.25) is 0 Å². The molecule has 1 N–H and O–H groups in total. The molecule has 1 aliphatic rings. The summed E-state index contributed by atoms with van der Waals surface area (Å²) in [5.74, 6) is -1.02. The molecule has 2 rings (SSSR count). The number of phenols is 1. The first-order chi connectivity index (χ1) is 5.70. The molecule has 0 unspecified atom stereocenters. The fourth-order valence-corrected chi connectivity index (χ4v) is 1.21.